The monoisotopic (exact) mass is 464 g/mol. The van der Waals surface area contributed by atoms with Crippen molar-refractivity contribution in [1.29, 1.82) is 0 Å². The van der Waals surface area contributed by atoms with Crippen molar-refractivity contribution in [3.8, 4) is 5.75 Å². The first-order valence-corrected chi connectivity index (χ1v) is 10.7. The van der Waals surface area contributed by atoms with Gasteiger partial charge >= 0.3 is 11.9 Å². The molecule has 2 heterocycles. The molecule has 0 saturated carbocycles. The molecule has 0 atom stereocenters. The second kappa shape index (κ2) is 8.80. The Hall–Kier alpha value is -3.71. The van der Waals surface area contributed by atoms with Crippen molar-refractivity contribution in [2.45, 2.75) is 25.3 Å². The Morgan fingerprint density at radius 3 is 2.50 bits per heavy atom. The summed E-state index contributed by atoms with van der Waals surface area (Å²) >= 11 is 0. The molecular weight excluding hydrogens is 444 g/mol. The van der Waals surface area contributed by atoms with Crippen LogP contribution in [0.15, 0.2) is 27.5 Å². The molecular formula is C19H20N4O8S. The SMILES string of the molecule is CCOC(=O)c1c(C)oc2nc(COC(=O)c3ccc(OC)c(S(N)(=O)=O)c3)nc(N)c12. The third kappa shape index (κ3) is 4.48. The lowest BCUT2D eigenvalue weighted by molar-refractivity contribution is 0.0461. The van der Waals surface area contributed by atoms with Gasteiger partial charge in [0.1, 0.15) is 27.8 Å². The summed E-state index contributed by atoms with van der Waals surface area (Å²) in [4.78, 5) is 32.4. The summed E-state index contributed by atoms with van der Waals surface area (Å²) in [5.74, 6) is -1.29. The van der Waals surface area contributed by atoms with Crippen molar-refractivity contribution >= 4 is 38.9 Å². The van der Waals surface area contributed by atoms with E-state index < -0.39 is 28.6 Å². The molecule has 12 nitrogen and oxygen atoms in total. The largest absolute Gasteiger partial charge is 0.495 e. The van der Waals surface area contributed by atoms with Gasteiger partial charge in [0.15, 0.2) is 12.4 Å². The standard InChI is InChI=1S/C19H20N4O8S/c1-4-29-19(25)14-9(2)31-17-15(14)16(20)22-13(23-17)8-30-18(24)10-5-6-11(28-3)12(7-10)32(21,26)27/h5-7H,4,8H2,1-3H3,(H2,20,22,23)(H2,21,26,27). The van der Waals surface area contributed by atoms with E-state index in [4.69, 9.17) is 29.5 Å². The molecule has 3 aromatic rings. The van der Waals surface area contributed by atoms with E-state index in [1.54, 1.807) is 13.8 Å². The van der Waals surface area contributed by atoms with E-state index in [2.05, 4.69) is 9.97 Å². The Labute approximate surface area is 182 Å². The molecule has 0 unspecified atom stereocenters. The number of anilines is 1. The number of aromatic nitrogens is 2. The quantitative estimate of drug-likeness (QED) is 0.480. The number of carbonyl (C=O) groups is 2. The zero-order chi connectivity index (χ0) is 23.6. The van der Waals surface area contributed by atoms with Gasteiger partial charge in [-0.05, 0) is 32.0 Å². The molecule has 0 spiro atoms. The van der Waals surface area contributed by atoms with Crippen LogP contribution in [0.4, 0.5) is 5.82 Å². The molecule has 0 saturated heterocycles. The van der Waals surface area contributed by atoms with Crippen molar-refractivity contribution < 1.29 is 36.6 Å². The van der Waals surface area contributed by atoms with Gasteiger partial charge in [0, 0.05) is 0 Å². The van der Waals surface area contributed by atoms with E-state index in [0.717, 1.165) is 6.07 Å². The normalized spacial score (nSPS) is 11.4. The first kappa shape index (κ1) is 23.0. The third-order valence-electron chi connectivity index (χ3n) is 4.32. The molecule has 13 heteroatoms. The summed E-state index contributed by atoms with van der Waals surface area (Å²) < 4.78 is 44.0. The second-order valence-corrected chi connectivity index (χ2v) is 7.98. The van der Waals surface area contributed by atoms with Crippen LogP contribution in [0.5, 0.6) is 5.75 Å². The van der Waals surface area contributed by atoms with Crippen LogP contribution in [0.25, 0.3) is 11.1 Å². The number of nitrogens with two attached hydrogens (primary N) is 2. The smallest absolute Gasteiger partial charge is 0.342 e. The lowest BCUT2D eigenvalue weighted by Crippen LogP contribution is -2.15. The Morgan fingerprint density at radius 2 is 1.88 bits per heavy atom. The average molecular weight is 464 g/mol. The van der Waals surface area contributed by atoms with Crippen molar-refractivity contribution in [2.24, 2.45) is 5.14 Å². The number of ether oxygens (including phenoxy) is 3. The van der Waals surface area contributed by atoms with Crippen LogP contribution in [0, 0.1) is 6.92 Å². The Bertz CT molecular complexity index is 1320. The fourth-order valence-corrected chi connectivity index (χ4v) is 3.66. The lowest BCUT2D eigenvalue weighted by atomic mass is 10.2. The summed E-state index contributed by atoms with van der Waals surface area (Å²) in [6.45, 7) is 2.98. The highest BCUT2D eigenvalue weighted by Crippen LogP contribution is 2.29. The maximum atomic E-state index is 12.4. The molecule has 0 aliphatic carbocycles. The Kier molecular flexibility index (Phi) is 6.32. The molecule has 0 aliphatic rings. The number of hydrogen-bond acceptors (Lipinski definition) is 11. The average Bonchev–Trinajstić information content (AvgIpc) is 3.07. The molecule has 1 aromatic carbocycles. The number of aryl methyl sites for hydroxylation is 1. The zero-order valence-corrected chi connectivity index (χ0v) is 18.2. The van der Waals surface area contributed by atoms with Gasteiger partial charge in [0.05, 0.1) is 24.7 Å². The maximum Gasteiger partial charge on any atom is 0.342 e. The van der Waals surface area contributed by atoms with Crippen LogP contribution in [0.1, 0.15) is 39.2 Å². The van der Waals surface area contributed by atoms with Crippen LogP contribution in [-0.2, 0) is 26.1 Å². The number of primary sulfonamides is 1. The molecule has 4 N–H and O–H groups in total. The van der Waals surface area contributed by atoms with Crippen molar-refractivity contribution in [3.05, 3.63) is 40.9 Å². The number of rotatable bonds is 7. The highest BCUT2D eigenvalue weighted by Gasteiger charge is 2.24. The van der Waals surface area contributed by atoms with Crippen molar-refractivity contribution in [3.63, 3.8) is 0 Å². The molecule has 32 heavy (non-hydrogen) atoms. The third-order valence-corrected chi connectivity index (χ3v) is 5.25. The summed E-state index contributed by atoms with van der Waals surface area (Å²) in [6.07, 6.45) is 0. The molecule has 0 radical (unpaired) electrons. The zero-order valence-electron chi connectivity index (χ0n) is 17.4. The minimum atomic E-state index is -4.14. The molecule has 2 aromatic heterocycles. The van der Waals surface area contributed by atoms with Crippen molar-refractivity contribution in [1.82, 2.24) is 9.97 Å². The van der Waals surface area contributed by atoms with Gasteiger partial charge in [0.25, 0.3) is 0 Å². The summed E-state index contributed by atoms with van der Waals surface area (Å²) in [5.41, 5.74) is 6.04. The molecule has 170 valence electrons. The number of sulfonamides is 1. The van der Waals surface area contributed by atoms with Gasteiger partial charge in [-0.1, -0.05) is 0 Å². The van der Waals surface area contributed by atoms with E-state index in [1.807, 2.05) is 0 Å². The van der Waals surface area contributed by atoms with Gasteiger partial charge in [-0.3, -0.25) is 0 Å². The van der Waals surface area contributed by atoms with Gasteiger partial charge < -0.3 is 24.4 Å². The summed E-state index contributed by atoms with van der Waals surface area (Å²) in [6, 6.07) is 3.63. The molecule has 3 rings (SSSR count). The van der Waals surface area contributed by atoms with E-state index in [0.29, 0.717) is 0 Å². The summed E-state index contributed by atoms with van der Waals surface area (Å²) in [5, 5.41) is 5.35. The predicted octanol–water partition coefficient (Wildman–Crippen LogP) is 1.30. The van der Waals surface area contributed by atoms with Crippen LogP contribution in [0.3, 0.4) is 0 Å². The molecule has 0 aliphatic heterocycles. The van der Waals surface area contributed by atoms with Crippen LogP contribution in [-0.4, -0.2) is 44.0 Å². The number of nitrogen functional groups attached to an aromatic ring is 1. The van der Waals surface area contributed by atoms with Crippen LogP contribution >= 0.6 is 0 Å². The highest BCUT2D eigenvalue weighted by atomic mass is 32.2. The van der Waals surface area contributed by atoms with Crippen LogP contribution in [0.2, 0.25) is 0 Å². The minimum absolute atomic E-state index is 0.00712. The molecule has 0 fully saturated rings. The number of methoxy groups -OCH3 is 1. The second-order valence-electron chi connectivity index (χ2n) is 6.45. The first-order valence-electron chi connectivity index (χ1n) is 9.17. The fourth-order valence-electron chi connectivity index (χ4n) is 2.94. The van der Waals surface area contributed by atoms with Gasteiger partial charge in [-0.2, -0.15) is 4.98 Å². The number of hydrogen-bond donors (Lipinski definition) is 2. The number of nitrogens with zero attached hydrogens (tertiary/aromatic N) is 2. The lowest BCUT2D eigenvalue weighted by Gasteiger charge is -2.09. The van der Waals surface area contributed by atoms with Crippen LogP contribution < -0.4 is 15.6 Å². The van der Waals surface area contributed by atoms with E-state index >= 15 is 0 Å². The molecule has 0 amide bonds. The fraction of sp³-hybridized carbons (Fsp3) is 0.263. The Balaban J connectivity index is 1.85. The minimum Gasteiger partial charge on any atom is -0.495 e. The summed E-state index contributed by atoms with van der Waals surface area (Å²) in [7, 11) is -2.87. The predicted molar refractivity (Wildman–Crippen MR) is 110 cm³/mol. The van der Waals surface area contributed by atoms with Gasteiger partial charge in [0.2, 0.25) is 15.7 Å². The number of carbonyl (C=O) groups excluding carboxylic acids is 2. The molecule has 0 bridgehead atoms. The maximum absolute atomic E-state index is 12.4. The van der Waals surface area contributed by atoms with Gasteiger partial charge in [-0.25, -0.2) is 28.1 Å². The number of benzene rings is 1. The highest BCUT2D eigenvalue weighted by molar-refractivity contribution is 7.89. The number of fused-ring (bicyclic) bond motifs is 1. The van der Waals surface area contributed by atoms with Crippen molar-refractivity contribution in [2.75, 3.05) is 19.5 Å². The van der Waals surface area contributed by atoms with E-state index in [-0.39, 0.29) is 56.9 Å². The van der Waals surface area contributed by atoms with E-state index in [9.17, 15) is 18.0 Å². The Morgan fingerprint density at radius 1 is 1.16 bits per heavy atom. The van der Waals surface area contributed by atoms with E-state index in [1.165, 1.54) is 19.2 Å². The first-order chi connectivity index (χ1) is 15.1. The topological polar surface area (TPSA) is 187 Å². The van der Waals surface area contributed by atoms with Gasteiger partial charge in [-0.15, -0.1) is 0 Å². The number of furan rings is 1. The number of esters is 2.